The van der Waals surface area contributed by atoms with E-state index in [0.29, 0.717) is 33.0 Å². The summed E-state index contributed by atoms with van der Waals surface area (Å²) in [5.41, 5.74) is 1.77. The first-order valence-corrected chi connectivity index (χ1v) is 12.7. The van der Waals surface area contributed by atoms with E-state index in [4.69, 9.17) is 9.47 Å². The molecule has 9 nitrogen and oxygen atoms in total. The minimum Gasteiger partial charge on any atom is -0.494 e. The van der Waals surface area contributed by atoms with Crippen LogP contribution in [0.3, 0.4) is 0 Å². The highest BCUT2D eigenvalue weighted by Gasteiger charge is 2.33. The number of esters is 1. The Morgan fingerprint density at radius 3 is 2.49 bits per heavy atom. The third-order valence-corrected chi connectivity index (χ3v) is 7.02. The number of unbranched alkanes of at least 4 members (excludes halogenated alkanes) is 2. The molecule has 0 N–H and O–H groups in total. The number of nitrogens with zero attached hydrogens (tertiary/aromatic N) is 3. The molecule has 2 aromatic carbocycles. The molecule has 0 saturated carbocycles. The molecule has 3 aromatic rings. The lowest BCUT2D eigenvalue weighted by Crippen LogP contribution is -2.39. The van der Waals surface area contributed by atoms with Gasteiger partial charge in [0, 0.05) is 12.1 Å². The molecule has 0 fully saturated rings. The first-order valence-electron chi connectivity index (χ1n) is 11.9. The highest BCUT2D eigenvalue weighted by atomic mass is 32.1. The summed E-state index contributed by atoms with van der Waals surface area (Å²) in [6.07, 6.45) is 4.84. The Bertz CT molecular complexity index is 1520. The number of thiazole rings is 1. The summed E-state index contributed by atoms with van der Waals surface area (Å²) in [4.78, 5) is 41.8. The van der Waals surface area contributed by atoms with Crippen LogP contribution < -0.4 is 19.6 Å². The van der Waals surface area contributed by atoms with Crippen molar-refractivity contribution in [2.75, 3.05) is 13.7 Å². The fourth-order valence-electron chi connectivity index (χ4n) is 4.14. The average Bonchev–Trinajstić information content (AvgIpc) is 3.20. The normalized spacial score (nSPS) is 15.2. The van der Waals surface area contributed by atoms with Gasteiger partial charge in [-0.25, -0.2) is 9.79 Å². The van der Waals surface area contributed by atoms with Crippen molar-refractivity contribution in [2.24, 2.45) is 4.99 Å². The fraction of sp³-hybridized carbons (Fsp3) is 0.296. The maximum absolute atomic E-state index is 13.6. The summed E-state index contributed by atoms with van der Waals surface area (Å²) in [5.74, 6) is 0.154. The van der Waals surface area contributed by atoms with Crippen LogP contribution in [0.25, 0.3) is 6.08 Å². The van der Waals surface area contributed by atoms with Gasteiger partial charge in [0.2, 0.25) is 0 Å². The van der Waals surface area contributed by atoms with E-state index in [-0.39, 0.29) is 16.8 Å². The maximum Gasteiger partial charge on any atom is 0.338 e. The fourth-order valence-corrected chi connectivity index (χ4v) is 5.19. The Morgan fingerprint density at radius 2 is 1.86 bits per heavy atom. The lowest BCUT2D eigenvalue weighted by atomic mass is 9.96. The molecule has 1 aliphatic heterocycles. The number of aromatic nitrogens is 1. The van der Waals surface area contributed by atoms with Gasteiger partial charge in [0.1, 0.15) is 5.75 Å². The molecule has 4 rings (SSSR count). The van der Waals surface area contributed by atoms with Crippen LogP contribution in [-0.4, -0.2) is 29.2 Å². The van der Waals surface area contributed by atoms with Crippen LogP contribution in [0.15, 0.2) is 69.6 Å². The number of carbonyl (C=O) groups is 1. The molecule has 0 aliphatic carbocycles. The van der Waals surface area contributed by atoms with Crippen molar-refractivity contribution in [3.8, 4) is 5.75 Å². The molecule has 2 heterocycles. The zero-order valence-corrected chi connectivity index (χ0v) is 21.6. The molecular weight excluding hydrogens is 494 g/mol. The molecule has 37 heavy (non-hydrogen) atoms. The summed E-state index contributed by atoms with van der Waals surface area (Å²) in [7, 11) is 1.30. The predicted molar refractivity (Wildman–Crippen MR) is 140 cm³/mol. The van der Waals surface area contributed by atoms with E-state index in [1.807, 2.05) is 24.3 Å². The first kappa shape index (κ1) is 26.0. The van der Waals surface area contributed by atoms with Gasteiger partial charge < -0.3 is 9.47 Å². The predicted octanol–water partition coefficient (Wildman–Crippen LogP) is 3.89. The number of benzene rings is 2. The first-order chi connectivity index (χ1) is 17.8. The molecular formula is C27H27N3O6S. The second-order valence-corrected chi connectivity index (χ2v) is 9.56. The zero-order valence-electron chi connectivity index (χ0n) is 20.8. The highest BCUT2D eigenvalue weighted by Crippen LogP contribution is 2.31. The summed E-state index contributed by atoms with van der Waals surface area (Å²) < 4.78 is 12.8. The van der Waals surface area contributed by atoms with E-state index in [0.717, 1.165) is 24.8 Å². The minimum absolute atomic E-state index is 0.0326. The van der Waals surface area contributed by atoms with E-state index in [9.17, 15) is 19.7 Å². The van der Waals surface area contributed by atoms with Gasteiger partial charge in [-0.15, -0.1) is 0 Å². The van der Waals surface area contributed by atoms with Crippen molar-refractivity contribution in [3.63, 3.8) is 0 Å². The Balaban J connectivity index is 1.77. The SMILES string of the molecule is CCCCCOc1ccc(C2C(C(=O)OC)=C(C)N=c3s/c(=C\c4ccc([N+](=O)[O-])cc4)c(=O)n32)cc1. The van der Waals surface area contributed by atoms with Crippen molar-refractivity contribution in [3.05, 3.63) is 101 Å². The summed E-state index contributed by atoms with van der Waals surface area (Å²) in [6.45, 7) is 4.48. The Morgan fingerprint density at radius 1 is 1.16 bits per heavy atom. The number of non-ortho nitro benzene ring substituents is 1. The van der Waals surface area contributed by atoms with Crippen LogP contribution in [-0.2, 0) is 9.53 Å². The number of carbonyl (C=O) groups excluding carboxylic acids is 1. The van der Waals surface area contributed by atoms with Crippen LogP contribution in [0.5, 0.6) is 5.75 Å². The Labute approximate surface area is 217 Å². The monoisotopic (exact) mass is 521 g/mol. The lowest BCUT2D eigenvalue weighted by Gasteiger charge is -2.24. The van der Waals surface area contributed by atoms with E-state index in [1.165, 1.54) is 35.1 Å². The third kappa shape index (κ3) is 5.54. The molecule has 192 valence electrons. The molecule has 0 radical (unpaired) electrons. The maximum atomic E-state index is 13.6. The van der Waals surface area contributed by atoms with Crippen LogP contribution in [0.4, 0.5) is 5.69 Å². The number of hydrogen-bond donors (Lipinski definition) is 0. The second-order valence-electron chi connectivity index (χ2n) is 8.55. The van der Waals surface area contributed by atoms with Gasteiger partial charge in [0.15, 0.2) is 4.80 Å². The van der Waals surface area contributed by atoms with E-state index >= 15 is 0 Å². The van der Waals surface area contributed by atoms with Crippen molar-refractivity contribution < 1.29 is 19.2 Å². The van der Waals surface area contributed by atoms with Gasteiger partial charge in [-0.3, -0.25) is 19.5 Å². The van der Waals surface area contributed by atoms with E-state index < -0.39 is 16.9 Å². The average molecular weight is 522 g/mol. The van der Waals surface area contributed by atoms with Gasteiger partial charge in [-0.1, -0.05) is 43.2 Å². The number of hydrogen-bond acceptors (Lipinski definition) is 8. The second kappa shape index (κ2) is 11.3. The number of ether oxygens (including phenoxy) is 2. The third-order valence-electron chi connectivity index (χ3n) is 6.04. The number of allylic oxidation sites excluding steroid dienone is 1. The Kier molecular flexibility index (Phi) is 7.98. The molecule has 1 atom stereocenters. The molecule has 0 bridgehead atoms. The molecule has 1 aliphatic rings. The lowest BCUT2D eigenvalue weighted by molar-refractivity contribution is -0.384. The van der Waals surface area contributed by atoms with Crippen LogP contribution in [0, 0.1) is 10.1 Å². The van der Waals surface area contributed by atoms with E-state index in [2.05, 4.69) is 11.9 Å². The van der Waals surface area contributed by atoms with Crippen LogP contribution in [0.2, 0.25) is 0 Å². The Hall–Kier alpha value is -4.05. The summed E-state index contributed by atoms with van der Waals surface area (Å²) in [5, 5.41) is 11.0. The topological polar surface area (TPSA) is 113 Å². The van der Waals surface area contributed by atoms with Gasteiger partial charge in [-0.2, -0.15) is 0 Å². The van der Waals surface area contributed by atoms with Gasteiger partial charge in [-0.05, 0) is 54.8 Å². The van der Waals surface area contributed by atoms with Gasteiger partial charge in [0.25, 0.3) is 11.2 Å². The number of nitro groups is 1. The molecule has 0 saturated heterocycles. The molecule has 0 spiro atoms. The highest BCUT2D eigenvalue weighted by molar-refractivity contribution is 7.07. The zero-order chi connectivity index (χ0) is 26.5. The number of nitro benzene ring substituents is 1. The molecule has 10 heteroatoms. The van der Waals surface area contributed by atoms with E-state index in [1.54, 1.807) is 25.1 Å². The van der Waals surface area contributed by atoms with Crippen molar-refractivity contribution in [1.29, 1.82) is 0 Å². The standard InChI is InChI=1S/C27H27N3O6S/c1-4-5-6-15-36-21-13-9-19(10-14-21)24-23(26(32)35-3)17(2)28-27-29(24)25(31)22(37-27)16-18-7-11-20(12-8-18)30(33)34/h7-14,16,24H,4-6,15H2,1-3H3/b22-16-. The molecule has 1 aromatic heterocycles. The van der Waals surface area contributed by atoms with Crippen molar-refractivity contribution in [1.82, 2.24) is 4.57 Å². The number of fused-ring (bicyclic) bond motifs is 1. The van der Waals surface area contributed by atoms with Crippen LogP contribution >= 0.6 is 11.3 Å². The quantitative estimate of drug-likeness (QED) is 0.183. The smallest absolute Gasteiger partial charge is 0.338 e. The van der Waals surface area contributed by atoms with Gasteiger partial charge in [0.05, 0.1) is 40.5 Å². The molecule has 1 unspecified atom stereocenters. The summed E-state index contributed by atoms with van der Waals surface area (Å²) >= 11 is 1.19. The number of methoxy groups -OCH3 is 1. The van der Waals surface area contributed by atoms with Crippen molar-refractivity contribution in [2.45, 2.75) is 39.2 Å². The summed E-state index contributed by atoms with van der Waals surface area (Å²) in [6, 6.07) is 12.6. The van der Waals surface area contributed by atoms with Crippen molar-refractivity contribution >= 4 is 29.1 Å². The number of rotatable bonds is 9. The largest absolute Gasteiger partial charge is 0.494 e. The molecule has 0 amide bonds. The minimum atomic E-state index is -0.725. The van der Waals surface area contributed by atoms with Gasteiger partial charge >= 0.3 is 5.97 Å². The van der Waals surface area contributed by atoms with Crippen LogP contribution in [0.1, 0.15) is 50.3 Å².